The summed E-state index contributed by atoms with van der Waals surface area (Å²) in [6, 6.07) is 6.47. The maximum Gasteiger partial charge on any atom is 0.240 e. The van der Waals surface area contributed by atoms with Gasteiger partial charge in [0.25, 0.3) is 0 Å². The lowest BCUT2D eigenvalue weighted by molar-refractivity contribution is 0.571. The summed E-state index contributed by atoms with van der Waals surface area (Å²) in [5.74, 6) is 0. The van der Waals surface area contributed by atoms with E-state index < -0.39 is 10.0 Å². The summed E-state index contributed by atoms with van der Waals surface area (Å²) >= 11 is 0. The number of hydrogen-bond donors (Lipinski definition) is 2. The fourth-order valence-corrected chi connectivity index (χ4v) is 2.77. The van der Waals surface area contributed by atoms with Crippen molar-refractivity contribution in [3.63, 3.8) is 0 Å². The molecule has 0 aliphatic heterocycles. The molecule has 0 radical (unpaired) electrons. The van der Waals surface area contributed by atoms with Crippen LogP contribution in [0, 0.1) is 18.3 Å². The lowest BCUT2D eigenvalue weighted by atomic mass is 10.2. The van der Waals surface area contributed by atoms with Crippen molar-refractivity contribution >= 4 is 10.0 Å². The van der Waals surface area contributed by atoms with Gasteiger partial charge < -0.3 is 5.73 Å². The molecule has 1 atom stereocenters. The van der Waals surface area contributed by atoms with E-state index in [1.54, 1.807) is 19.1 Å². The van der Waals surface area contributed by atoms with Crippen LogP contribution < -0.4 is 10.5 Å². The Morgan fingerprint density at radius 2 is 2.17 bits per heavy atom. The molecule has 5 nitrogen and oxygen atoms in total. The predicted octanol–water partition coefficient (Wildman–Crippen LogP) is 0.882. The highest BCUT2D eigenvalue weighted by atomic mass is 32.2. The quantitative estimate of drug-likeness (QED) is 0.827. The first kappa shape index (κ1) is 14.6. The van der Waals surface area contributed by atoms with Gasteiger partial charge in [-0.2, -0.15) is 5.26 Å². The number of nitrogens with two attached hydrogens (primary N) is 1. The normalized spacial score (nSPS) is 13.0. The highest BCUT2D eigenvalue weighted by molar-refractivity contribution is 7.89. The van der Waals surface area contributed by atoms with Crippen molar-refractivity contribution in [2.24, 2.45) is 5.73 Å². The van der Waals surface area contributed by atoms with Gasteiger partial charge in [-0.05, 0) is 38.0 Å². The maximum absolute atomic E-state index is 12.0. The summed E-state index contributed by atoms with van der Waals surface area (Å²) in [6.07, 6.45) is 0.566. The number of sulfonamides is 1. The number of nitrogens with zero attached hydrogens (tertiary/aromatic N) is 1. The van der Waals surface area contributed by atoms with Crippen molar-refractivity contribution in [3.8, 4) is 6.07 Å². The molecule has 0 aliphatic carbocycles. The highest BCUT2D eigenvalue weighted by Crippen LogP contribution is 2.16. The van der Waals surface area contributed by atoms with Crippen LogP contribution in [0.1, 0.15) is 24.5 Å². The zero-order chi connectivity index (χ0) is 13.8. The van der Waals surface area contributed by atoms with Crippen molar-refractivity contribution < 1.29 is 8.42 Å². The average molecular weight is 267 g/mol. The molecule has 1 rings (SSSR count). The first-order chi connectivity index (χ1) is 8.36. The van der Waals surface area contributed by atoms with E-state index in [0.717, 1.165) is 0 Å². The van der Waals surface area contributed by atoms with Gasteiger partial charge in [0.2, 0.25) is 10.0 Å². The van der Waals surface area contributed by atoms with E-state index in [1.807, 2.05) is 13.0 Å². The van der Waals surface area contributed by atoms with Crippen LogP contribution in [0.2, 0.25) is 0 Å². The molecule has 0 heterocycles. The smallest absolute Gasteiger partial charge is 0.240 e. The summed E-state index contributed by atoms with van der Waals surface area (Å²) in [5.41, 5.74) is 6.50. The van der Waals surface area contributed by atoms with E-state index in [1.165, 1.54) is 6.07 Å². The fourth-order valence-electron chi connectivity index (χ4n) is 1.46. The lowest BCUT2D eigenvalue weighted by Crippen LogP contribution is -2.29. The summed E-state index contributed by atoms with van der Waals surface area (Å²) < 4.78 is 26.6. The van der Waals surface area contributed by atoms with Gasteiger partial charge in [-0.3, -0.25) is 0 Å². The average Bonchev–Trinajstić information content (AvgIpc) is 2.28. The number of benzene rings is 1. The monoisotopic (exact) mass is 267 g/mol. The molecule has 1 aromatic carbocycles. The van der Waals surface area contributed by atoms with Gasteiger partial charge in [0.05, 0.1) is 16.5 Å². The Kier molecular flexibility index (Phi) is 4.84. The van der Waals surface area contributed by atoms with E-state index in [-0.39, 0.29) is 17.5 Å². The summed E-state index contributed by atoms with van der Waals surface area (Å²) in [5, 5.41) is 8.79. The maximum atomic E-state index is 12.0. The molecule has 3 N–H and O–H groups in total. The van der Waals surface area contributed by atoms with Crippen LogP contribution in [-0.4, -0.2) is 21.0 Å². The van der Waals surface area contributed by atoms with Gasteiger partial charge in [0.15, 0.2) is 0 Å². The Hall–Kier alpha value is -1.42. The third kappa shape index (κ3) is 3.81. The number of hydrogen-bond acceptors (Lipinski definition) is 4. The molecule has 0 aromatic heterocycles. The molecule has 0 spiro atoms. The number of rotatable bonds is 5. The fraction of sp³-hybridized carbons (Fsp3) is 0.417. The molecular formula is C12H17N3O2S. The van der Waals surface area contributed by atoms with Crippen molar-refractivity contribution in [2.75, 3.05) is 6.54 Å². The van der Waals surface area contributed by atoms with E-state index in [9.17, 15) is 8.42 Å². The second-order valence-electron chi connectivity index (χ2n) is 4.26. The van der Waals surface area contributed by atoms with Crippen LogP contribution in [0.25, 0.3) is 0 Å². The van der Waals surface area contributed by atoms with E-state index >= 15 is 0 Å². The second kappa shape index (κ2) is 5.96. The minimum absolute atomic E-state index is 0.0563. The topological polar surface area (TPSA) is 96.0 Å². The van der Waals surface area contributed by atoms with Gasteiger partial charge in [-0.25, -0.2) is 13.1 Å². The number of nitriles is 1. The lowest BCUT2D eigenvalue weighted by Gasteiger charge is -2.10. The first-order valence-corrected chi connectivity index (χ1v) is 7.11. The Morgan fingerprint density at radius 3 is 2.72 bits per heavy atom. The van der Waals surface area contributed by atoms with E-state index in [4.69, 9.17) is 11.0 Å². The summed E-state index contributed by atoms with van der Waals surface area (Å²) in [4.78, 5) is 0.145. The van der Waals surface area contributed by atoms with Crippen LogP contribution in [0.15, 0.2) is 23.1 Å². The van der Waals surface area contributed by atoms with Crippen molar-refractivity contribution in [3.05, 3.63) is 29.3 Å². The molecule has 0 saturated carbocycles. The molecule has 98 valence electrons. The zero-order valence-corrected chi connectivity index (χ0v) is 11.3. The number of aryl methyl sites for hydroxylation is 1. The molecule has 0 aliphatic rings. The van der Waals surface area contributed by atoms with Gasteiger partial charge in [0.1, 0.15) is 0 Å². The molecule has 18 heavy (non-hydrogen) atoms. The molecular weight excluding hydrogens is 250 g/mol. The van der Waals surface area contributed by atoms with E-state index in [2.05, 4.69) is 4.72 Å². The molecule has 0 amide bonds. The predicted molar refractivity (Wildman–Crippen MR) is 69.3 cm³/mol. The third-order valence-corrected chi connectivity index (χ3v) is 4.10. The van der Waals surface area contributed by atoms with Crippen LogP contribution in [0.3, 0.4) is 0 Å². The zero-order valence-electron chi connectivity index (χ0n) is 10.5. The summed E-state index contributed by atoms with van der Waals surface area (Å²) in [6.45, 7) is 3.80. The molecule has 6 heteroatoms. The second-order valence-corrected chi connectivity index (χ2v) is 5.99. The number of nitrogens with one attached hydrogen (secondary N) is 1. The van der Waals surface area contributed by atoms with Gasteiger partial charge in [-0.15, -0.1) is 0 Å². The Bertz CT molecular complexity index is 559. The molecule has 0 fully saturated rings. The molecule has 1 unspecified atom stereocenters. The van der Waals surface area contributed by atoms with Crippen LogP contribution in [0.4, 0.5) is 0 Å². The van der Waals surface area contributed by atoms with Crippen LogP contribution in [-0.2, 0) is 10.0 Å². The van der Waals surface area contributed by atoms with Gasteiger partial charge >= 0.3 is 0 Å². The van der Waals surface area contributed by atoms with Gasteiger partial charge in [-0.1, -0.05) is 6.07 Å². The van der Waals surface area contributed by atoms with E-state index in [0.29, 0.717) is 17.5 Å². The van der Waals surface area contributed by atoms with Crippen molar-refractivity contribution in [2.45, 2.75) is 31.2 Å². The Labute approximate surface area is 108 Å². The standard InChI is InChI=1S/C12H17N3O2S/c1-9-3-4-11(8-13)7-12(9)18(16,17)15-6-5-10(2)14/h3-4,7,10,15H,5-6,14H2,1-2H3. The van der Waals surface area contributed by atoms with Gasteiger partial charge in [0, 0.05) is 12.6 Å². The van der Waals surface area contributed by atoms with Crippen molar-refractivity contribution in [1.82, 2.24) is 4.72 Å². The summed E-state index contributed by atoms with van der Waals surface area (Å²) in [7, 11) is -3.58. The van der Waals surface area contributed by atoms with Crippen LogP contribution >= 0.6 is 0 Å². The third-order valence-electron chi connectivity index (χ3n) is 2.50. The minimum atomic E-state index is -3.58. The SMILES string of the molecule is Cc1ccc(C#N)cc1S(=O)(=O)NCCC(C)N. The molecule has 0 saturated heterocycles. The Morgan fingerprint density at radius 1 is 1.50 bits per heavy atom. The minimum Gasteiger partial charge on any atom is -0.328 e. The molecule has 1 aromatic rings. The highest BCUT2D eigenvalue weighted by Gasteiger charge is 2.16. The largest absolute Gasteiger partial charge is 0.328 e. The first-order valence-electron chi connectivity index (χ1n) is 5.63. The van der Waals surface area contributed by atoms with Crippen LogP contribution in [0.5, 0.6) is 0 Å². The van der Waals surface area contributed by atoms with Crippen molar-refractivity contribution in [1.29, 1.82) is 5.26 Å². The molecule has 0 bridgehead atoms. The Balaban J connectivity index is 2.95.